The highest BCUT2D eigenvalue weighted by molar-refractivity contribution is 5.94. The minimum absolute atomic E-state index is 0. The summed E-state index contributed by atoms with van der Waals surface area (Å²) in [7, 11) is 0. The van der Waals surface area contributed by atoms with Crippen molar-refractivity contribution >= 4 is 18.3 Å². The van der Waals surface area contributed by atoms with E-state index in [0.29, 0.717) is 18.7 Å². The van der Waals surface area contributed by atoms with Crippen LogP contribution in [0.4, 0.5) is 0 Å². The average molecular weight is 390 g/mol. The lowest BCUT2D eigenvalue weighted by molar-refractivity contribution is 0.0792. The number of piperidine rings is 1. The lowest BCUT2D eigenvalue weighted by atomic mass is 10.1. The summed E-state index contributed by atoms with van der Waals surface area (Å²) in [6.45, 7) is 3.79. The zero-order valence-corrected chi connectivity index (χ0v) is 16.3. The Bertz CT molecular complexity index is 711. The molecule has 0 aromatic heterocycles. The number of likely N-dealkylation sites (tertiary alicyclic amines) is 1. The van der Waals surface area contributed by atoms with Gasteiger partial charge >= 0.3 is 0 Å². The van der Waals surface area contributed by atoms with Crippen LogP contribution in [0.5, 0.6) is 0 Å². The summed E-state index contributed by atoms with van der Waals surface area (Å²) in [5, 5.41) is 12.5. The molecule has 0 unspecified atom stereocenters. The van der Waals surface area contributed by atoms with Gasteiger partial charge in [0.05, 0.1) is 6.10 Å². The molecule has 5 nitrogen and oxygen atoms in total. The molecule has 0 radical (unpaired) electrons. The molecule has 146 valence electrons. The molecule has 0 aliphatic carbocycles. The summed E-state index contributed by atoms with van der Waals surface area (Å²) in [6, 6.07) is 15.7. The topological polar surface area (TPSA) is 78.6 Å². The zero-order chi connectivity index (χ0) is 18.4. The number of carbonyl (C=O) groups excluding carboxylic acids is 1. The van der Waals surface area contributed by atoms with Crippen molar-refractivity contribution in [3.8, 4) is 0 Å². The maximum Gasteiger partial charge on any atom is 0.251 e. The van der Waals surface area contributed by atoms with Crippen LogP contribution < -0.4 is 11.1 Å². The van der Waals surface area contributed by atoms with Crippen LogP contribution in [-0.4, -0.2) is 35.1 Å². The molecule has 6 heteroatoms. The largest absolute Gasteiger partial charge is 0.393 e. The molecule has 1 fully saturated rings. The molecule has 4 N–H and O–H groups in total. The SMILES string of the molecule is Cl.NCc1ccc(C(=O)NCc2ccc(CN3CCC(O)CC3)cc2)cc1. The Morgan fingerprint density at radius 1 is 1.00 bits per heavy atom. The summed E-state index contributed by atoms with van der Waals surface area (Å²) in [6.07, 6.45) is 1.58. The van der Waals surface area contributed by atoms with Gasteiger partial charge in [0.1, 0.15) is 0 Å². The number of hydrogen-bond donors (Lipinski definition) is 3. The molecule has 2 aromatic rings. The van der Waals surface area contributed by atoms with Crippen LogP contribution in [0.25, 0.3) is 0 Å². The van der Waals surface area contributed by atoms with E-state index in [2.05, 4.69) is 34.5 Å². The van der Waals surface area contributed by atoms with Crippen molar-refractivity contribution in [2.24, 2.45) is 5.73 Å². The van der Waals surface area contributed by atoms with Gasteiger partial charge < -0.3 is 16.2 Å². The summed E-state index contributed by atoms with van der Waals surface area (Å²) in [5.74, 6) is -0.0791. The van der Waals surface area contributed by atoms with Crippen molar-refractivity contribution in [2.45, 2.75) is 38.6 Å². The highest BCUT2D eigenvalue weighted by atomic mass is 35.5. The molecule has 0 saturated carbocycles. The highest BCUT2D eigenvalue weighted by Gasteiger charge is 2.16. The van der Waals surface area contributed by atoms with Gasteiger partial charge in [-0.2, -0.15) is 0 Å². The third kappa shape index (κ3) is 6.33. The fraction of sp³-hybridized carbons (Fsp3) is 0.381. The van der Waals surface area contributed by atoms with E-state index < -0.39 is 0 Å². The van der Waals surface area contributed by atoms with Gasteiger partial charge in [-0.1, -0.05) is 36.4 Å². The lowest BCUT2D eigenvalue weighted by Crippen LogP contribution is -2.35. The summed E-state index contributed by atoms with van der Waals surface area (Å²) < 4.78 is 0. The number of nitrogens with zero attached hydrogens (tertiary/aromatic N) is 1. The number of amides is 1. The first-order valence-corrected chi connectivity index (χ1v) is 9.19. The third-order valence-corrected chi connectivity index (χ3v) is 4.89. The van der Waals surface area contributed by atoms with E-state index in [1.54, 1.807) is 12.1 Å². The van der Waals surface area contributed by atoms with Crippen molar-refractivity contribution < 1.29 is 9.90 Å². The van der Waals surface area contributed by atoms with Crippen molar-refractivity contribution in [3.05, 3.63) is 70.8 Å². The van der Waals surface area contributed by atoms with Gasteiger partial charge in [-0.25, -0.2) is 0 Å². The molecule has 1 heterocycles. The highest BCUT2D eigenvalue weighted by Crippen LogP contribution is 2.14. The maximum atomic E-state index is 12.2. The number of halogens is 1. The number of benzene rings is 2. The van der Waals surface area contributed by atoms with E-state index in [1.807, 2.05) is 12.1 Å². The number of rotatable bonds is 6. The molecule has 1 aliphatic rings. The van der Waals surface area contributed by atoms with E-state index >= 15 is 0 Å². The Balaban J connectivity index is 0.00000261. The van der Waals surface area contributed by atoms with Gasteiger partial charge in [0, 0.05) is 38.3 Å². The summed E-state index contributed by atoms with van der Waals surface area (Å²) in [4.78, 5) is 14.6. The molecule has 1 saturated heterocycles. The van der Waals surface area contributed by atoms with E-state index in [4.69, 9.17) is 5.73 Å². The van der Waals surface area contributed by atoms with E-state index in [9.17, 15) is 9.90 Å². The number of nitrogens with two attached hydrogens (primary N) is 1. The Kier molecular flexibility index (Phi) is 8.25. The van der Waals surface area contributed by atoms with E-state index in [1.165, 1.54) is 5.56 Å². The molecular weight excluding hydrogens is 362 g/mol. The number of nitrogens with one attached hydrogen (secondary N) is 1. The van der Waals surface area contributed by atoms with Crippen molar-refractivity contribution in [2.75, 3.05) is 13.1 Å². The molecule has 0 bridgehead atoms. The number of hydrogen-bond acceptors (Lipinski definition) is 4. The molecule has 3 rings (SSSR count). The van der Waals surface area contributed by atoms with Crippen LogP contribution in [0.2, 0.25) is 0 Å². The van der Waals surface area contributed by atoms with Gasteiger partial charge in [-0.05, 0) is 41.7 Å². The number of aliphatic hydroxyl groups excluding tert-OH is 1. The summed E-state index contributed by atoms with van der Waals surface area (Å²) >= 11 is 0. The van der Waals surface area contributed by atoms with Crippen molar-refractivity contribution in [1.29, 1.82) is 0 Å². The predicted molar refractivity (Wildman–Crippen MR) is 110 cm³/mol. The van der Waals surface area contributed by atoms with E-state index in [0.717, 1.165) is 43.6 Å². The number of aliphatic hydroxyl groups is 1. The minimum Gasteiger partial charge on any atom is -0.393 e. The molecule has 0 spiro atoms. The molecule has 1 amide bonds. The van der Waals surface area contributed by atoms with Crippen LogP contribution in [0.3, 0.4) is 0 Å². The lowest BCUT2D eigenvalue weighted by Gasteiger charge is -2.29. The van der Waals surface area contributed by atoms with Crippen molar-refractivity contribution in [3.63, 3.8) is 0 Å². The second-order valence-corrected chi connectivity index (χ2v) is 6.91. The molecule has 1 aliphatic heterocycles. The first kappa shape index (κ1) is 21.4. The smallest absolute Gasteiger partial charge is 0.251 e. The Labute approximate surface area is 167 Å². The summed E-state index contributed by atoms with van der Waals surface area (Å²) in [5.41, 5.74) is 9.57. The maximum absolute atomic E-state index is 12.2. The van der Waals surface area contributed by atoms with Crippen LogP contribution in [0.1, 0.15) is 39.9 Å². The minimum atomic E-state index is -0.135. The van der Waals surface area contributed by atoms with Gasteiger partial charge in [0.25, 0.3) is 5.91 Å². The molecular formula is C21H28ClN3O2. The van der Waals surface area contributed by atoms with Gasteiger partial charge in [-0.15, -0.1) is 12.4 Å². The average Bonchev–Trinajstić information content (AvgIpc) is 2.69. The van der Waals surface area contributed by atoms with Crippen LogP contribution >= 0.6 is 12.4 Å². The second kappa shape index (κ2) is 10.4. The van der Waals surface area contributed by atoms with Crippen LogP contribution in [0.15, 0.2) is 48.5 Å². The first-order chi connectivity index (χ1) is 12.6. The second-order valence-electron chi connectivity index (χ2n) is 6.91. The quantitative estimate of drug-likeness (QED) is 0.709. The molecule has 2 aromatic carbocycles. The zero-order valence-electron chi connectivity index (χ0n) is 15.4. The molecule has 27 heavy (non-hydrogen) atoms. The third-order valence-electron chi connectivity index (χ3n) is 4.89. The predicted octanol–water partition coefficient (Wildman–Crippen LogP) is 2.45. The Hall–Kier alpha value is -1.92. The van der Waals surface area contributed by atoms with Gasteiger partial charge in [0.2, 0.25) is 0 Å². The van der Waals surface area contributed by atoms with Crippen LogP contribution in [-0.2, 0) is 19.6 Å². The number of carbonyl (C=O) groups is 1. The van der Waals surface area contributed by atoms with Crippen molar-refractivity contribution in [1.82, 2.24) is 10.2 Å². The Morgan fingerprint density at radius 3 is 2.15 bits per heavy atom. The Morgan fingerprint density at radius 2 is 1.56 bits per heavy atom. The fourth-order valence-electron chi connectivity index (χ4n) is 3.17. The molecule has 0 atom stereocenters. The first-order valence-electron chi connectivity index (χ1n) is 9.19. The monoisotopic (exact) mass is 389 g/mol. The van der Waals surface area contributed by atoms with E-state index in [-0.39, 0.29) is 24.4 Å². The van der Waals surface area contributed by atoms with Gasteiger partial charge in [-0.3, -0.25) is 9.69 Å². The van der Waals surface area contributed by atoms with Crippen LogP contribution in [0, 0.1) is 0 Å². The fourth-order valence-corrected chi connectivity index (χ4v) is 3.17. The standard InChI is InChI=1S/C21H27N3O2.ClH/c22-13-16-5-7-19(8-6-16)21(26)23-14-17-1-3-18(4-2-17)15-24-11-9-20(25)10-12-24;/h1-8,20,25H,9-15,22H2,(H,23,26);1H. The van der Waals surface area contributed by atoms with Gasteiger partial charge in [0.15, 0.2) is 0 Å². The normalized spacial score (nSPS) is 15.2.